The summed E-state index contributed by atoms with van der Waals surface area (Å²) in [6.45, 7) is 8.56. The largest absolute Gasteiger partial charge is 0.490 e. The van der Waals surface area contributed by atoms with Gasteiger partial charge in [0.1, 0.15) is 5.69 Å². The molecule has 0 unspecified atom stereocenters. The number of rotatable bonds is 9. The first kappa shape index (κ1) is 27.3. The lowest BCUT2D eigenvalue weighted by Crippen LogP contribution is -2.52. The van der Waals surface area contributed by atoms with Gasteiger partial charge in [-0.3, -0.25) is 20.2 Å². The molecule has 2 aromatic rings. The SMILES string of the molecule is CCOc1cc(C(=O)NC(=S)N2CCN(c3c(Cl)cccc3[N+](=O)[O-])CC2)cc(OCC)c1OCC. The lowest BCUT2D eigenvalue weighted by molar-refractivity contribution is -0.384. The molecule has 1 heterocycles. The molecular weight excluding hydrogens is 508 g/mol. The summed E-state index contributed by atoms with van der Waals surface area (Å²) in [5.74, 6) is 0.867. The maximum Gasteiger partial charge on any atom is 0.294 e. The zero-order valence-electron chi connectivity index (χ0n) is 20.4. The zero-order chi connectivity index (χ0) is 26.2. The molecule has 36 heavy (non-hydrogen) atoms. The third-order valence-corrected chi connectivity index (χ3v) is 6.10. The third-order valence-electron chi connectivity index (χ3n) is 5.44. The molecule has 1 amide bonds. The molecule has 194 valence electrons. The Morgan fingerprint density at radius 2 is 1.64 bits per heavy atom. The summed E-state index contributed by atoms with van der Waals surface area (Å²) in [6, 6.07) is 7.82. The Hall–Kier alpha value is -3.31. The van der Waals surface area contributed by atoms with Crippen LogP contribution in [-0.4, -0.2) is 66.8 Å². The Balaban J connectivity index is 1.71. The van der Waals surface area contributed by atoms with Crippen LogP contribution in [0.25, 0.3) is 0 Å². The minimum absolute atomic E-state index is 0.0440. The zero-order valence-corrected chi connectivity index (χ0v) is 22.0. The van der Waals surface area contributed by atoms with Crippen molar-refractivity contribution in [2.24, 2.45) is 0 Å². The number of para-hydroxylation sites is 1. The van der Waals surface area contributed by atoms with E-state index in [9.17, 15) is 14.9 Å². The number of ether oxygens (including phenoxy) is 3. The van der Waals surface area contributed by atoms with Crippen LogP contribution >= 0.6 is 23.8 Å². The van der Waals surface area contributed by atoms with Gasteiger partial charge < -0.3 is 24.0 Å². The Bertz CT molecular complexity index is 1100. The van der Waals surface area contributed by atoms with E-state index in [0.717, 1.165) is 0 Å². The van der Waals surface area contributed by atoms with Crippen molar-refractivity contribution in [2.75, 3.05) is 50.9 Å². The quantitative estimate of drug-likeness (QED) is 0.285. The second-order valence-corrected chi connectivity index (χ2v) is 8.49. The smallest absolute Gasteiger partial charge is 0.294 e. The van der Waals surface area contributed by atoms with Crippen LogP contribution in [0.5, 0.6) is 17.2 Å². The molecule has 3 rings (SSSR count). The highest BCUT2D eigenvalue weighted by atomic mass is 35.5. The van der Waals surface area contributed by atoms with Crippen LogP contribution in [0.4, 0.5) is 11.4 Å². The molecule has 0 atom stereocenters. The monoisotopic (exact) mass is 536 g/mol. The lowest BCUT2D eigenvalue weighted by Gasteiger charge is -2.37. The summed E-state index contributed by atoms with van der Waals surface area (Å²) in [6.07, 6.45) is 0. The normalized spacial score (nSPS) is 13.2. The fraction of sp³-hybridized carbons (Fsp3) is 0.417. The molecule has 0 aliphatic carbocycles. The highest BCUT2D eigenvalue weighted by Gasteiger charge is 2.27. The highest BCUT2D eigenvalue weighted by molar-refractivity contribution is 7.80. The number of hydrogen-bond acceptors (Lipinski definition) is 8. The minimum Gasteiger partial charge on any atom is -0.490 e. The summed E-state index contributed by atoms with van der Waals surface area (Å²) in [4.78, 5) is 27.8. The van der Waals surface area contributed by atoms with Crippen molar-refractivity contribution in [3.63, 3.8) is 0 Å². The second-order valence-electron chi connectivity index (χ2n) is 7.70. The Morgan fingerprint density at radius 1 is 1.06 bits per heavy atom. The third kappa shape index (κ3) is 6.27. The van der Waals surface area contributed by atoms with Crippen molar-refractivity contribution < 1.29 is 23.9 Å². The summed E-state index contributed by atoms with van der Waals surface area (Å²) in [5.41, 5.74) is 0.663. The van der Waals surface area contributed by atoms with Crippen molar-refractivity contribution in [1.29, 1.82) is 0 Å². The van der Waals surface area contributed by atoms with Gasteiger partial charge in [-0.25, -0.2) is 0 Å². The maximum absolute atomic E-state index is 13.0. The Morgan fingerprint density at radius 3 is 2.17 bits per heavy atom. The number of carbonyl (C=O) groups excluding carboxylic acids is 1. The average molecular weight is 537 g/mol. The molecule has 0 radical (unpaired) electrons. The number of halogens is 1. The second kappa shape index (κ2) is 12.6. The van der Waals surface area contributed by atoms with Crippen molar-refractivity contribution in [1.82, 2.24) is 10.2 Å². The molecule has 1 fully saturated rings. The van der Waals surface area contributed by atoms with E-state index < -0.39 is 10.8 Å². The molecule has 1 aliphatic heterocycles. The molecule has 0 bridgehead atoms. The van der Waals surface area contributed by atoms with Gasteiger partial charge in [0.2, 0.25) is 5.75 Å². The van der Waals surface area contributed by atoms with Gasteiger partial charge in [0, 0.05) is 37.8 Å². The minimum atomic E-state index is -0.442. The fourth-order valence-electron chi connectivity index (χ4n) is 3.87. The van der Waals surface area contributed by atoms with E-state index in [0.29, 0.717) is 79.5 Å². The highest BCUT2D eigenvalue weighted by Crippen LogP contribution is 2.39. The van der Waals surface area contributed by atoms with Crippen molar-refractivity contribution in [2.45, 2.75) is 20.8 Å². The summed E-state index contributed by atoms with van der Waals surface area (Å²) < 4.78 is 17.1. The Labute approximate surface area is 220 Å². The van der Waals surface area contributed by atoms with Crippen LogP contribution in [0.2, 0.25) is 5.02 Å². The van der Waals surface area contributed by atoms with Gasteiger partial charge in [-0.15, -0.1) is 0 Å². The molecule has 1 aliphatic rings. The first-order valence-corrected chi connectivity index (χ1v) is 12.4. The number of hydrogen-bond donors (Lipinski definition) is 1. The number of nitro groups is 1. The number of nitrogens with one attached hydrogen (secondary N) is 1. The molecule has 0 saturated carbocycles. The molecule has 0 spiro atoms. The summed E-state index contributed by atoms with van der Waals surface area (Å²) >= 11 is 11.8. The van der Waals surface area contributed by atoms with Crippen LogP contribution in [0.15, 0.2) is 30.3 Å². The predicted octanol–water partition coefficient (Wildman–Crippen LogP) is 4.28. The van der Waals surface area contributed by atoms with Gasteiger partial charge in [-0.2, -0.15) is 0 Å². The molecule has 2 aromatic carbocycles. The first-order chi connectivity index (χ1) is 17.3. The maximum atomic E-state index is 13.0. The van der Waals surface area contributed by atoms with E-state index in [4.69, 9.17) is 38.0 Å². The molecule has 10 nitrogen and oxygen atoms in total. The van der Waals surface area contributed by atoms with Crippen molar-refractivity contribution >= 4 is 46.2 Å². The van der Waals surface area contributed by atoms with Crippen molar-refractivity contribution in [3.05, 3.63) is 51.0 Å². The predicted molar refractivity (Wildman–Crippen MR) is 142 cm³/mol. The van der Waals surface area contributed by atoms with E-state index >= 15 is 0 Å². The number of benzene rings is 2. The van der Waals surface area contributed by atoms with Crippen LogP contribution in [-0.2, 0) is 0 Å². The lowest BCUT2D eigenvalue weighted by atomic mass is 10.1. The number of nitro benzene ring substituents is 1. The number of nitrogens with zero attached hydrogens (tertiary/aromatic N) is 3. The van der Waals surface area contributed by atoms with Crippen LogP contribution in [0.3, 0.4) is 0 Å². The van der Waals surface area contributed by atoms with E-state index in [1.807, 2.05) is 30.6 Å². The molecule has 0 aromatic heterocycles. The van der Waals surface area contributed by atoms with E-state index in [1.54, 1.807) is 24.3 Å². The van der Waals surface area contributed by atoms with E-state index in [1.165, 1.54) is 6.07 Å². The first-order valence-electron chi connectivity index (χ1n) is 11.6. The Kier molecular flexibility index (Phi) is 9.54. The average Bonchev–Trinajstić information content (AvgIpc) is 2.86. The van der Waals surface area contributed by atoms with Crippen molar-refractivity contribution in [3.8, 4) is 17.2 Å². The molecule has 1 saturated heterocycles. The number of piperazine rings is 1. The van der Waals surface area contributed by atoms with Crippen LogP contribution < -0.4 is 24.4 Å². The summed E-state index contributed by atoms with van der Waals surface area (Å²) in [7, 11) is 0. The molecular formula is C24H29ClN4O6S. The van der Waals surface area contributed by atoms with Gasteiger partial charge in [-0.1, -0.05) is 17.7 Å². The van der Waals surface area contributed by atoms with Gasteiger partial charge in [0.05, 0.1) is 29.8 Å². The van der Waals surface area contributed by atoms with Gasteiger partial charge in [0.25, 0.3) is 11.6 Å². The van der Waals surface area contributed by atoms with Gasteiger partial charge in [0.15, 0.2) is 16.6 Å². The number of thiocarbonyl (C=S) groups is 1. The number of carbonyl (C=O) groups is 1. The van der Waals surface area contributed by atoms with Crippen LogP contribution in [0.1, 0.15) is 31.1 Å². The molecule has 1 N–H and O–H groups in total. The van der Waals surface area contributed by atoms with E-state index in [-0.39, 0.29) is 10.8 Å². The topological polar surface area (TPSA) is 106 Å². The number of anilines is 1. The molecule has 12 heteroatoms. The fourth-order valence-corrected chi connectivity index (χ4v) is 4.43. The van der Waals surface area contributed by atoms with Gasteiger partial charge >= 0.3 is 0 Å². The van der Waals surface area contributed by atoms with Crippen LogP contribution in [0, 0.1) is 10.1 Å². The summed E-state index contributed by atoms with van der Waals surface area (Å²) in [5, 5.41) is 14.8. The van der Waals surface area contributed by atoms with Gasteiger partial charge in [-0.05, 0) is 51.2 Å². The number of amides is 1. The standard InChI is InChI=1S/C24H29ClN4O6S/c1-4-33-19-14-16(15-20(34-5-2)22(19)35-6-3)23(30)26-24(36)28-12-10-27(11-13-28)21-17(25)8-7-9-18(21)29(31)32/h7-9,14-15H,4-6,10-13H2,1-3H3,(H,26,30,36). The van der Waals surface area contributed by atoms with E-state index in [2.05, 4.69) is 5.32 Å².